The van der Waals surface area contributed by atoms with E-state index in [0.717, 1.165) is 31.7 Å². The zero-order chi connectivity index (χ0) is 13.4. The molecule has 0 spiro atoms. The Morgan fingerprint density at radius 1 is 0.850 bits per heavy atom. The maximum Gasteiger partial charge on any atom is 0.130 e. The van der Waals surface area contributed by atoms with E-state index in [9.17, 15) is 0 Å². The van der Waals surface area contributed by atoms with Gasteiger partial charge in [0.15, 0.2) is 0 Å². The van der Waals surface area contributed by atoms with Crippen LogP contribution in [-0.2, 0) is 12.8 Å². The molecular weight excluding hydrogens is 246 g/mol. The van der Waals surface area contributed by atoms with E-state index in [4.69, 9.17) is 4.74 Å². The van der Waals surface area contributed by atoms with Crippen LogP contribution in [0.15, 0.2) is 36.4 Å². The van der Waals surface area contributed by atoms with Crippen LogP contribution in [0.5, 0.6) is 5.75 Å². The Morgan fingerprint density at radius 2 is 1.65 bits per heavy atom. The number of fused-ring (bicyclic) bond motifs is 2. The molecule has 0 saturated carbocycles. The van der Waals surface area contributed by atoms with Crippen LogP contribution in [0.2, 0.25) is 0 Å². The molecule has 4 rings (SSSR count). The summed E-state index contributed by atoms with van der Waals surface area (Å²) in [5.74, 6) is 1.10. The fourth-order valence-corrected chi connectivity index (χ4v) is 3.33. The van der Waals surface area contributed by atoms with Gasteiger partial charge in [-0.05, 0) is 36.8 Å². The van der Waals surface area contributed by atoms with Crippen LogP contribution in [0.3, 0.4) is 0 Å². The van der Waals surface area contributed by atoms with Crippen molar-refractivity contribution in [3.8, 4) is 16.9 Å². The van der Waals surface area contributed by atoms with E-state index in [0.29, 0.717) is 0 Å². The molecular formula is C18H19NO. The molecule has 2 aliphatic rings. The molecule has 2 aliphatic heterocycles. The van der Waals surface area contributed by atoms with Gasteiger partial charge in [-0.1, -0.05) is 36.4 Å². The number of ether oxygens (including phenoxy) is 1. The number of nitrogens with one attached hydrogen (secondary N) is 1. The smallest absolute Gasteiger partial charge is 0.130 e. The van der Waals surface area contributed by atoms with Crippen LogP contribution in [0.1, 0.15) is 24.0 Å². The molecule has 0 atom stereocenters. The summed E-state index contributed by atoms with van der Waals surface area (Å²) in [4.78, 5) is 0. The molecule has 0 radical (unpaired) electrons. The zero-order valence-electron chi connectivity index (χ0n) is 11.6. The molecule has 2 heterocycles. The van der Waals surface area contributed by atoms with Crippen molar-refractivity contribution in [2.75, 3.05) is 18.5 Å². The van der Waals surface area contributed by atoms with E-state index >= 15 is 0 Å². The minimum atomic E-state index is 0.840. The normalized spacial score (nSPS) is 16.6. The largest absolute Gasteiger partial charge is 0.493 e. The Bertz CT molecular complexity index is 590. The Kier molecular flexibility index (Phi) is 2.87. The lowest BCUT2D eigenvalue weighted by atomic mass is 9.92. The Labute approximate surface area is 119 Å². The number of rotatable bonds is 1. The monoisotopic (exact) mass is 265 g/mol. The highest BCUT2D eigenvalue weighted by molar-refractivity contribution is 5.85. The minimum Gasteiger partial charge on any atom is -0.493 e. The van der Waals surface area contributed by atoms with Gasteiger partial charge in [0.25, 0.3) is 0 Å². The first-order valence-electron chi connectivity index (χ1n) is 7.54. The molecule has 102 valence electrons. The summed E-state index contributed by atoms with van der Waals surface area (Å²) >= 11 is 0. The Balaban J connectivity index is 1.90. The lowest BCUT2D eigenvalue weighted by Gasteiger charge is -2.25. The lowest BCUT2D eigenvalue weighted by molar-refractivity contribution is 0.289. The first-order valence-corrected chi connectivity index (χ1v) is 7.54. The van der Waals surface area contributed by atoms with Crippen LogP contribution in [0.4, 0.5) is 5.69 Å². The van der Waals surface area contributed by atoms with Crippen LogP contribution >= 0.6 is 0 Å². The minimum absolute atomic E-state index is 0.840. The fraction of sp³-hybridized carbons (Fsp3) is 0.333. The molecule has 0 aliphatic carbocycles. The molecule has 0 amide bonds. The molecule has 0 aromatic heterocycles. The van der Waals surface area contributed by atoms with Crippen molar-refractivity contribution in [1.29, 1.82) is 0 Å². The van der Waals surface area contributed by atoms with Gasteiger partial charge in [0.05, 0.1) is 6.61 Å². The maximum atomic E-state index is 5.97. The van der Waals surface area contributed by atoms with Crippen LogP contribution in [0, 0.1) is 0 Å². The van der Waals surface area contributed by atoms with Crippen molar-refractivity contribution in [3.63, 3.8) is 0 Å². The quantitative estimate of drug-likeness (QED) is 0.840. The average Bonchev–Trinajstić information content (AvgIpc) is 2.54. The molecule has 0 fully saturated rings. The molecule has 0 bridgehead atoms. The van der Waals surface area contributed by atoms with Gasteiger partial charge >= 0.3 is 0 Å². The number of benzene rings is 2. The molecule has 2 aromatic carbocycles. The molecule has 2 heteroatoms. The maximum absolute atomic E-state index is 5.97. The second-order valence-corrected chi connectivity index (χ2v) is 5.62. The van der Waals surface area contributed by atoms with Gasteiger partial charge in [-0.2, -0.15) is 0 Å². The molecule has 0 saturated heterocycles. The first-order chi connectivity index (χ1) is 9.93. The second-order valence-electron chi connectivity index (χ2n) is 5.62. The SMILES string of the molecule is c1cc2c(c(-c3cccc4c3OCCC4)c1)NCCC2. The van der Waals surface area contributed by atoms with E-state index in [2.05, 4.69) is 41.7 Å². The Morgan fingerprint density at radius 3 is 2.60 bits per heavy atom. The highest BCUT2D eigenvalue weighted by Gasteiger charge is 2.19. The van der Waals surface area contributed by atoms with Gasteiger partial charge in [-0.25, -0.2) is 0 Å². The summed E-state index contributed by atoms with van der Waals surface area (Å²) < 4.78 is 5.97. The zero-order valence-corrected chi connectivity index (χ0v) is 11.6. The molecule has 2 aromatic rings. The van der Waals surface area contributed by atoms with Gasteiger partial charge in [0.2, 0.25) is 0 Å². The van der Waals surface area contributed by atoms with E-state index in [1.54, 1.807) is 0 Å². The van der Waals surface area contributed by atoms with Crippen molar-refractivity contribution in [1.82, 2.24) is 0 Å². The van der Waals surface area contributed by atoms with Gasteiger partial charge < -0.3 is 10.1 Å². The summed E-state index contributed by atoms with van der Waals surface area (Å²) in [6.07, 6.45) is 4.65. The van der Waals surface area contributed by atoms with Crippen molar-refractivity contribution < 1.29 is 4.74 Å². The van der Waals surface area contributed by atoms with Crippen molar-refractivity contribution in [3.05, 3.63) is 47.5 Å². The summed E-state index contributed by atoms with van der Waals surface area (Å²) in [6.45, 7) is 1.91. The van der Waals surface area contributed by atoms with Gasteiger partial charge in [-0.15, -0.1) is 0 Å². The average molecular weight is 265 g/mol. The predicted octanol–water partition coefficient (Wildman–Crippen LogP) is 4.04. The highest BCUT2D eigenvalue weighted by atomic mass is 16.5. The molecule has 20 heavy (non-hydrogen) atoms. The third-order valence-corrected chi connectivity index (χ3v) is 4.30. The summed E-state index contributed by atoms with van der Waals surface area (Å²) in [6, 6.07) is 13.2. The number of aryl methyl sites for hydroxylation is 2. The van der Waals surface area contributed by atoms with Crippen LogP contribution in [-0.4, -0.2) is 13.2 Å². The lowest BCUT2D eigenvalue weighted by Crippen LogP contribution is -2.13. The summed E-state index contributed by atoms with van der Waals surface area (Å²) in [5.41, 5.74) is 6.63. The molecule has 1 N–H and O–H groups in total. The fourth-order valence-electron chi connectivity index (χ4n) is 3.33. The topological polar surface area (TPSA) is 21.3 Å². The third-order valence-electron chi connectivity index (χ3n) is 4.30. The molecule has 2 nitrogen and oxygen atoms in total. The van der Waals surface area contributed by atoms with Gasteiger partial charge in [0.1, 0.15) is 5.75 Å². The Hall–Kier alpha value is -1.96. The number of para-hydroxylation sites is 2. The number of hydrogen-bond donors (Lipinski definition) is 1. The van der Waals surface area contributed by atoms with E-state index in [1.165, 1.54) is 40.8 Å². The first kappa shape index (κ1) is 11.8. The van der Waals surface area contributed by atoms with Crippen molar-refractivity contribution in [2.45, 2.75) is 25.7 Å². The van der Waals surface area contributed by atoms with Crippen molar-refractivity contribution in [2.24, 2.45) is 0 Å². The van der Waals surface area contributed by atoms with E-state index in [-0.39, 0.29) is 0 Å². The second kappa shape index (κ2) is 4.86. The summed E-state index contributed by atoms with van der Waals surface area (Å²) in [7, 11) is 0. The molecule has 0 unspecified atom stereocenters. The van der Waals surface area contributed by atoms with Gasteiger partial charge in [0, 0.05) is 23.4 Å². The van der Waals surface area contributed by atoms with Crippen molar-refractivity contribution >= 4 is 5.69 Å². The summed E-state index contributed by atoms with van der Waals surface area (Å²) in [5, 5.41) is 3.58. The van der Waals surface area contributed by atoms with Crippen LogP contribution < -0.4 is 10.1 Å². The van der Waals surface area contributed by atoms with E-state index in [1.807, 2.05) is 0 Å². The van der Waals surface area contributed by atoms with E-state index < -0.39 is 0 Å². The number of anilines is 1. The number of hydrogen-bond acceptors (Lipinski definition) is 2. The highest BCUT2D eigenvalue weighted by Crippen LogP contribution is 2.41. The standard InChI is InChI=1S/C18H19NO/c1-5-13-7-3-11-19-17(13)15(9-1)16-10-2-6-14-8-4-12-20-18(14)16/h1-2,5-6,9-10,19H,3-4,7-8,11-12H2. The third kappa shape index (κ3) is 1.87. The van der Waals surface area contributed by atoms with Crippen LogP contribution in [0.25, 0.3) is 11.1 Å². The van der Waals surface area contributed by atoms with Gasteiger partial charge in [-0.3, -0.25) is 0 Å². The predicted molar refractivity (Wildman–Crippen MR) is 82.5 cm³/mol.